The summed E-state index contributed by atoms with van der Waals surface area (Å²) in [5.74, 6) is 0. The number of fused-ring (bicyclic) bond motifs is 7. The first kappa shape index (κ1) is 32.0. The highest BCUT2D eigenvalue weighted by Crippen LogP contribution is 2.45. The minimum absolute atomic E-state index is 1.10. The molecule has 11 rings (SSSR count). The van der Waals surface area contributed by atoms with Gasteiger partial charge in [-0.05, 0) is 110 Å². The lowest BCUT2D eigenvalue weighted by Gasteiger charge is -2.28. The first-order valence-corrected chi connectivity index (χ1v) is 19.3. The summed E-state index contributed by atoms with van der Waals surface area (Å²) in [4.78, 5) is 2.44. The van der Waals surface area contributed by atoms with Crippen molar-refractivity contribution in [1.29, 1.82) is 0 Å². The van der Waals surface area contributed by atoms with Crippen molar-refractivity contribution >= 4 is 71.2 Å². The van der Waals surface area contributed by atoms with Gasteiger partial charge in [0.15, 0.2) is 0 Å². The Kier molecular flexibility index (Phi) is 7.53. The second-order valence-electron chi connectivity index (χ2n) is 14.5. The first-order valence-electron chi connectivity index (χ1n) is 19.3. The molecule has 0 spiro atoms. The molecule has 0 bridgehead atoms. The van der Waals surface area contributed by atoms with Gasteiger partial charge in [-0.15, -0.1) is 0 Å². The summed E-state index contributed by atoms with van der Waals surface area (Å²) in [6.07, 6.45) is 0. The molecule has 1 heterocycles. The Balaban J connectivity index is 1.12. The third kappa shape index (κ3) is 5.26. The van der Waals surface area contributed by atoms with Gasteiger partial charge in [-0.2, -0.15) is 0 Å². The van der Waals surface area contributed by atoms with Gasteiger partial charge in [0.05, 0.1) is 16.7 Å². The fourth-order valence-electron chi connectivity index (χ4n) is 8.75. The number of para-hydroxylation sites is 2. The summed E-state index contributed by atoms with van der Waals surface area (Å²) in [6.45, 7) is 0. The normalized spacial score (nSPS) is 11.6. The quantitative estimate of drug-likeness (QED) is 0.156. The zero-order valence-corrected chi connectivity index (χ0v) is 30.7. The molecule has 0 radical (unpaired) electrons. The van der Waals surface area contributed by atoms with Crippen molar-refractivity contribution in [3.63, 3.8) is 0 Å². The molecule has 0 saturated carbocycles. The molecule has 2 nitrogen and oxygen atoms in total. The van der Waals surface area contributed by atoms with Crippen LogP contribution in [0, 0.1) is 0 Å². The van der Waals surface area contributed by atoms with Gasteiger partial charge in [-0.3, -0.25) is 0 Å². The Labute approximate surface area is 325 Å². The van der Waals surface area contributed by atoms with E-state index in [0.29, 0.717) is 0 Å². The van der Waals surface area contributed by atoms with Crippen LogP contribution in [0.2, 0.25) is 0 Å². The number of aromatic nitrogens is 1. The molecule has 11 aromatic rings. The van der Waals surface area contributed by atoms with Crippen LogP contribution in [-0.4, -0.2) is 4.57 Å². The van der Waals surface area contributed by atoms with Gasteiger partial charge in [0.25, 0.3) is 0 Å². The Morgan fingerprint density at radius 3 is 1.80 bits per heavy atom. The van der Waals surface area contributed by atoms with Gasteiger partial charge in [0.2, 0.25) is 0 Å². The topological polar surface area (TPSA) is 8.17 Å². The maximum atomic E-state index is 2.44. The van der Waals surface area contributed by atoms with Crippen molar-refractivity contribution in [2.75, 3.05) is 4.90 Å². The molecule has 0 aliphatic rings. The standard InChI is InChI=1S/C54H36N2/c1-2-18-43(19-3-1)56-51-26-11-10-24-50(51)54-47(25-13-27-52(54)56)41-17-12-20-45(35-41)55(53-36-42-16-6-7-21-46(42)48-22-8-9-23-49(48)53)44-32-30-38(31-33-44)40-29-28-37-14-4-5-15-39(37)34-40/h1-36H. The van der Waals surface area contributed by atoms with Crippen LogP contribution in [0.5, 0.6) is 0 Å². The molecular weight excluding hydrogens is 677 g/mol. The molecule has 0 aliphatic carbocycles. The molecular formula is C54H36N2. The van der Waals surface area contributed by atoms with Gasteiger partial charge in [0, 0.05) is 33.2 Å². The number of nitrogens with zero attached hydrogens (tertiary/aromatic N) is 2. The number of hydrogen-bond acceptors (Lipinski definition) is 1. The molecule has 0 amide bonds. The smallest absolute Gasteiger partial charge is 0.0547 e. The van der Waals surface area contributed by atoms with Crippen LogP contribution in [0.25, 0.3) is 82.1 Å². The molecule has 0 N–H and O–H groups in total. The SMILES string of the molecule is c1ccc(-n2c3ccccc3c3c(-c4cccc(N(c5ccc(-c6ccc7ccccc7c6)cc5)c5cc6ccccc6c6ccccc56)c4)cccc32)cc1. The van der Waals surface area contributed by atoms with Crippen molar-refractivity contribution in [3.8, 4) is 27.9 Å². The summed E-state index contributed by atoms with van der Waals surface area (Å²) in [5.41, 5.74) is 11.7. The van der Waals surface area contributed by atoms with Crippen molar-refractivity contribution in [3.05, 3.63) is 218 Å². The van der Waals surface area contributed by atoms with Crippen LogP contribution < -0.4 is 4.90 Å². The van der Waals surface area contributed by atoms with Crippen LogP contribution >= 0.6 is 0 Å². The highest BCUT2D eigenvalue weighted by molar-refractivity contribution is 6.17. The molecule has 0 fully saturated rings. The van der Waals surface area contributed by atoms with Crippen LogP contribution in [0.3, 0.4) is 0 Å². The Hall–Kier alpha value is -7.42. The highest BCUT2D eigenvalue weighted by atomic mass is 15.1. The van der Waals surface area contributed by atoms with E-state index in [-0.39, 0.29) is 0 Å². The van der Waals surface area contributed by atoms with Gasteiger partial charge < -0.3 is 9.47 Å². The second-order valence-corrected chi connectivity index (χ2v) is 14.5. The molecule has 262 valence electrons. The van der Waals surface area contributed by atoms with Gasteiger partial charge in [-0.25, -0.2) is 0 Å². The monoisotopic (exact) mass is 712 g/mol. The molecule has 2 heteroatoms. The van der Waals surface area contributed by atoms with E-state index in [1.807, 2.05) is 0 Å². The predicted molar refractivity (Wildman–Crippen MR) is 239 cm³/mol. The lowest BCUT2D eigenvalue weighted by molar-refractivity contribution is 1.18. The van der Waals surface area contributed by atoms with E-state index in [0.717, 1.165) is 22.7 Å². The van der Waals surface area contributed by atoms with E-state index in [1.54, 1.807) is 0 Å². The Morgan fingerprint density at radius 2 is 0.964 bits per heavy atom. The molecule has 0 saturated heterocycles. The number of hydrogen-bond donors (Lipinski definition) is 0. The summed E-state index contributed by atoms with van der Waals surface area (Å²) >= 11 is 0. The first-order chi connectivity index (χ1) is 27.8. The lowest BCUT2D eigenvalue weighted by Crippen LogP contribution is -2.11. The van der Waals surface area contributed by atoms with Crippen LogP contribution in [-0.2, 0) is 0 Å². The fourth-order valence-corrected chi connectivity index (χ4v) is 8.75. The third-order valence-electron chi connectivity index (χ3n) is 11.3. The van der Waals surface area contributed by atoms with Crippen LogP contribution in [0.1, 0.15) is 0 Å². The molecule has 0 unspecified atom stereocenters. The highest BCUT2D eigenvalue weighted by Gasteiger charge is 2.20. The molecule has 1 aromatic heterocycles. The minimum atomic E-state index is 1.10. The maximum absolute atomic E-state index is 2.44. The molecule has 0 aliphatic heterocycles. The van der Waals surface area contributed by atoms with Crippen molar-refractivity contribution in [2.45, 2.75) is 0 Å². The second kappa shape index (κ2) is 13.2. The fraction of sp³-hybridized carbons (Fsp3) is 0. The van der Waals surface area contributed by atoms with E-state index < -0.39 is 0 Å². The number of benzene rings is 10. The largest absolute Gasteiger partial charge is 0.310 e. The van der Waals surface area contributed by atoms with Gasteiger partial charge in [0.1, 0.15) is 0 Å². The van der Waals surface area contributed by atoms with E-state index >= 15 is 0 Å². The van der Waals surface area contributed by atoms with Crippen molar-refractivity contribution < 1.29 is 0 Å². The summed E-state index contributed by atoms with van der Waals surface area (Å²) in [5, 5.41) is 9.93. The van der Waals surface area contributed by atoms with Gasteiger partial charge in [-0.1, -0.05) is 158 Å². The Bertz CT molecular complexity index is 3250. The average molecular weight is 713 g/mol. The summed E-state index contributed by atoms with van der Waals surface area (Å²) in [7, 11) is 0. The maximum Gasteiger partial charge on any atom is 0.0547 e. The Morgan fingerprint density at radius 1 is 0.321 bits per heavy atom. The van der Waals surface area contributed by atoms with Crippen molar-refractivity contribution in [2.24, 2.45) is 0 Å². The molecule has 10 aromatic carbocycles. The summed E-state index contributed by atoms with van der Waals surface area (Å²) in [6, 6.07) is 79.5. The zero-order valence-electron chi connectivity index (χ0n) is 30.7. The van der Waals surface area contributed by atoms with E-state index in [4.69, 9.17) is 0 Å². The zero-order chi connectivity index (χ0) is 37.0. The lowest BCUT2D eigenvalue weighted by atomic mass is 9.97. The number of rotatable bonds is 6. The minimum Gasteiger partial charge on any atom is -0.310 e. The van der Waals surface area contributed by atoms with Crippen molar-refractivity contribution in [1.82, 2.24) is 4.57 Å². The van der Waals surface area contributed by atoms with Crippen LogP contribution in [0.15, 0.2) is 218 Å². The van der Waals surface area contributed by atoms with Gasteiger partial charge >= 0.3 is 0 Å². The van der Waals surface area contributed by atoms with E-state index in [9.17, 15) is 0 Å². The average Bonchev–Trinajstić information content (AvgIpc) is 3.62. The third-order valence-corrected chi connectivity index (χ3v) is 11.3. The molecule has 0 atom stereocenters. The van der Waals surface area contributed by atoms with E-state index in [1.165, 1.54) is 76.4 Å². The van der Waals surface area contributed by atoms with Crippen LogP contribution in [0.4, 0.5) is 17.1 Å². The summed E-state index contributed by atoms with van der Waals surface area (Å²) < 4.78 is 2.39. The number of anilines is 3. The predicted octanol–water partition coefficient (Wildman–Crippen LogP) is 15.0. The van der Waals surface area contributed by atoms with E-state index in [2.05, 4.69) is 228 Å². The molecule has 56 heavy (non-hydrogen) atoms.